The van der Waals surface area contributed by atoms with Gasteiger partial charge in [-0.15, -0.1) is 0 Å². The average Bonchev–Trinajstić information content (AvgIpc) is 4.36. The molecule has 2 fully saturated rings. The van der Waals surface area contributed by atoms with Crippen LogP contribution in [0.4, 0.5) is 5.95 Å². The number of ether oxygens (including phenoxy) is 6. The standard InChI is InChI=1S/C59H57N7O15PSe/c1-35(2)52(67)62-57-61-51-50(53(68)63-57)60-34-65(51)49-30-45(46(78-49)32-76-59(39-19-13-8-14-20-39,40-21-25-42(74-4)26-22-40)41-23-27-43(75-5)28-24-41)81-82(73,83)77-33-47-44(80-56(71)38-17-11-7-12-18-38)29-48(79-47)64-31-36(3)54(69)66(58(64)72)55(70)37-15-9-6-10-16-37/h6-28,31,34-35,44-49H,29-30,32-33H2,1-5H3,(H2,61,62,63,67,68)/t44-,45-,46+,47+,48+,49+,82?/m0/s1. The Bertz CT molecular complexity index is 3830. The number of aryl methyl sites for hydroxylation is 1. The first kappa shape index (κ1) is 58.1. The topological polar surface area (TPSA) is 262 Å². The van der Waals surface area contributed by atoms with Crippen molar-refractivity contribution in [2.24, 2.45) is 5.92 Å². The first-order valence-electron chi connectivity index (χ1n) is 26.4. The van der Waals surface area contributed by atoms with Gasteiger partial charge in [0.05, 0.1) is 14.2 Å². The molecule has 8 aromatic rings. The summed E-state index contributed by atoms with van der Waals surface area (Å²) in [6.45, 7) is 4.05. The van der Waals surface area contributed by atoms with Gasteiger partial charge in [0, 0.05) is 0 Å². The van der Waals surface area contributed by atoms with Crippen LogP contribution in [-0.2, 0) is 43.0 Å². The number of methoxy groups -OCH3 is 2. The molecule has 5 aromatic carbocycles. The van der Waals surface area contributed by atoms with Crippen molar-refractivity contribution in [2.75, 3.05) is 32.8 Å². The van der Waals surface area contributed by atoms with Gasteiger partial charge in [-0.3, -0.25) is 0 Å². The van der Waals surface area contributed by atoms with Crippen LogP contribution in [0.5, 0.6) is 11.5 Å². The first-order chi connectivity index (χ1) is 40.0. The summed E-state index contributed by atoms with van der Waals surface area (Å²) in [7, 11) is 3.14. The molecule has 1 amide bonds. The molecule has 22 nitrogen and oxygen atoms in total. The van der Waals surface area contributed by atoms with E-state index in [2.05, 4.69) is 35.8 Å². The summed E-state index contributed by atoms with van der Waals surface area (Å²) in [4.78, 5) is 92.6. The molecule has 2 N–H and O–H groups in total. The number of fused-ring (bicyclic) bond motifs is 1. The van der Waals surface area contributed by atoms with E-state index in [0.29, 0.717) is 27.2 Å². The Kier molecular flexibility index (Phi) is 17.3. The van der Waals surface area contributed by atoms with Crippen molar-refractivity contribution < 1.29 is 56.4 Å². The fourth-order valence-corrected chi connectivity index (χ4v) is 12.0. The van der Waals surface area contributed by atoms with Gasteiger partial charge in [0.2, 0.25) is 0 Å². The molecule has 0 spiro atoms. The van der Waals surface area contributed by atoms with E-state index in [0.717, 1.165) is 10.1 Å². The number of benzene rings is 5. The van der Waals surface area contributed by atoms with Gasteiger partial charge >= 0.3 is 438 Å². The van der Waals surface area contributed by atoms with E-state index >= 15 is 0 Å². The molecular formula is C59H57N7O15PSe. The van der Waals surface area contributed by atoms with Crippen molar-refractivity contribution in [3.05, 3.63) is 217 Å². The van der Waals surface area contributed by atoms with E-state index in [9.17, 15) is 33.3 Å². The van der Waals surface area contributed by atoms with E-state index in [-0.39, 0.29) is 53.3 Å². The van der Waals surface area contributed by atoms with Crippen LogP contribution in [0.2, 0.25) is 0 Å². The molecule has 10 rings (SSSR count). The van der Waals surface area contributed by atoms with Crippen molar-refractivity contribution in [1.82, 2.24) is 28.7 Å². The molecule has 3 aromatic heterocycles. The normalized spacial score (nSPS) is 19.6. The fourth-order valence-electron chi connectivity index (χ4n) is 9.95. The molecule has 7 atom stereocenters. The van der Waals surface area contributed by atoms with Crippen LogP contribution >= 0.6 is 6.29 Å². The number of anilines is 1. The Morgan fingerprint density at radius 2 is 1.29 bits per heavy atom. The molecule has 2 aliphatic heterocycles. The Labute approximate surface area is 482 Å². The number of hydrogen-bond donors (Lipinski definition) is 2. The zero-order valence-corrected chi connectivity index (χ0v) is 48.1. The van der Waals surface area contributed by atoms with Crippen LogP contribution < -0.4 is 31.6 Å². The van der Waals surface area contributed by atoms with Crippen LogP contribution in [0.3, 0.4) is 0 Å². The summed E-state index contributed by atoms with van der Waals surface area (Å²) < 4.78 is 68.3. The number of carbonyl (C=O) groups is 3. The number of nitrogens with one attached hydrogen (secondary N) is 2. The third-order valence-corrected chi connectivity index (χ3v) is 16.5. The first-order valence-corrected chi connectivity index (χ1v) is 30.1. The second-order valence-electron chi connectivity index (χ2n) is 19.9. The number of aromatic nitrogens is 6. The van der Waals surface area contributed by atoms with E-state index in [1.165, 1.54) is 36.1 Å². The molecule has 2 saturated heterocycles. The Morgan fingerprint density at radius 1 is 0.747 bits per heavy atom. The monoisotopic (exact) mass is 1210 g/mol. The Morgan fingerprint density at radius 3 is 1.88 bits per heavy atom. The molecule has 1 unspecified atom stereocenters. The summed E-state index contributed by atoms with van der Waals surface area (Å²) >= 11 is 2.58. The van der Waals surface area contributed by atoms with Gasteiger partial charge in [0.1, 0.15) is 0 Å². The number of aromatic amines is 1. The van der Waals surface area contributed by atoms with Gasteiger partial charge in [-0.05, 0) is 0 Å². The quantitative estimate of drug-likeness (QED) is 0.0330. The van der Waals surface area contributed by atoms with Gasteiger partial charge in [-0.1, -0.05) is 32.0 Å². The molecule has 429 valence electrons. The Balaban J connectivity index is 0.984. The minimum atomic E-state index is -4.38. The van der Waals surface area contributed by atoms with Crippen molar-refractivity contribution in [3.8, 4) is 11.5 Å². The van der Waals surface area contributed by atoms with Crippen molar-refractivity contribution in [1.29, 1.82) is 0 Å². The van der Waals surface area contributed by atoms with Crippen LogP contribution in [0.15, 0.2) is 166 Å². The molecule has 2 aliphatic rings. The maximum absolute atomic E-state index is 15.0. The zero-order chi connectivity index (χ0) is 58.6. The SMILES string of the molecule is COc1ccc(C(OC[C@H]2O[C@@H](n3cnc4c(=O)[nH]c(NC(=O)C(C)C)nc43)C[C@@H]2OP(=O)([Se])OC[C@H]2O[C@@H](n3cc(C)c(=O)n(C(=O)c4ccccc4)c3=O)C[C@@H]2OC(=O)c2ccccc2)(c2ccccc2)c2ccc(OC)cc2)cc1. The van der Waals surface area contributed by atoms with Crippen LogP contribution in [-0.4, -0.2) is 114 Å². The van der Waals surface area contributed by atoms with Gasteiger partial charge < -0.3 is 0 Å². The zero-order valence-electron chi connectivity index (χ0n) is 45.5. The number of esters is 1. The molecule has 24 heteroatoms. The second kappa shape index (κ2) is 24.8. The van der Waals surface area contributed by atoms with Crippen molar-refractivity contribution in [3.63, 3.8) is 0 Å². The van der Waals surface area contributed by atoms with Crippen molar-refractivity contribution >= 4 is 56.8 Å². The van der Waals surface area contributed by atoms with Crippen molar-refractivity contribution in [2.45, 2.75) is 76.1 Å². The summed E-state index contributed by atoms with van der Waals surface area (Å²) in [5, 5.41) is 2.63. The van der Waals surface area contributed by atoms with E-state index in [1.54, 1.807) is 76.6 Å². The predicted molar refractivity (Wildman–Crippen MR) is 303 cm³/mol. The van der Waals surface area contributed by atoms with E-state index in [1.807, 2.05) is 78.9 Å². The fraction of sp³-hybridized carbons (Fsp3) is 0.288. The number of imidazole rings is 1. The second-order valence-corrected chi connectivity index (χ2v) is 24.1. The summed E-state index contributed by atoms with van der Waals surface area (Å²) in [5.74, 6) is -1.33. The molecular weight excluding hydrogens is 1160 g/mol. The van der Waals surface area contributed by atoms with Crippen LogP contribution in [0.25, 0.3) is 11.2 Å². The number of hydrogen-bond acceptors (Lipinski definition) is 17. The number of carbonyl (C=O) groups excluding carboxylic acids is 3. The van der Waals surface area contributed by atoms with Crippen LogP contribution in [0.1, 0.15) is 82.1 Å². The van der Waals surface area contributed by atoms with E-state index in [4.69, 9.17) is 37.5 Å². The van der Waals surface area contributed by atoms with Gasteiger partial charge in [0.15, 0.2) is 0 Å². The third kappa shape index (κ3) is 12.3. The summed E-state index contributed by atoms with van der Waals surface area (Å²) in [6, 6.07) is 40.4. The number of amides is 1. The molecule has 5 heterocycles. The molecule has 0 bridgehead atoms. The molecule has 83 heavy (non-hydrogen) atoms. The molecule has 0 saturated carbocycles. The number of H-pyrrole nitrogens is 1. The number of rotatable bonds is 20. The predicted octanol–water partition coefficient (Wildman–Crippen LogP) is 7.24. The summed E-state index contributed by atoms with van der Waals surface area (Å²) in [5.41, 5.74) is -1.31. The minimum absolute atomic E-state index is 0.0466. The van der Waals surface area contributed by atoms with Gasteiger partial charge in [-0.25, -0.2) is 0 Å². The molecule has 1 radical (unpaired) electrons. The Hall–Kier alpha value is -8.11. The van der Waals surface area contributed by atoms with Gasteiger partial charge in [0.25, 0.3) is 0 Å². The summed E-state index contributed by atoms with van der Waals surface area (Å²) in [6.07, 6.45) is -8.76. The third-order valence-electron chi connectivity index (χ3n) is 14.3. The maximum atomic E-state index is 15.0. The van der Waals surface area contributed by atoms with Gasteiger partial charge in [-0.2, -0.15) is 0 Å². The average molecular weight is 1210 g/mol. The number of nitrogens with zero attached hydrogens (tertiary/aromatic N) is 5. The molecule has 0 aliphatic carbocycles. The van der Waals surface area contributed by atoms with E-state index < -0.39 is 95.9 Å². The van der Waals surface area contributed by atoms with Crippen LogP contribution in [0, 0.1) is 12.8 Å².